The third kappa shape index (κ3) is 2.79. The van der Waals surface area contributed by atoms with Crippen LogP contribution in [0.15, 0.2) is 48.8 Å². The van der Waals surface area contributed by atoms with Crippen molar-refractivity contribution in [3.05, 3.63) is 60.0 Å². The van der Waals surface area contributed by atoms with Gasteiger partial charge in [0.05, 0.1) is 0 Å². The third-order valence-electron chi connectivity index (χ3n) is 2.99. The summed E-state index contributed by atoms with van der Waals surface area (Å²) in [5.41, 5.74) is 3.40. The Morgan fingerprint density at radius 1 is 1.14 bits per heavy atom. The smallest absolute Gasteiger partial charge is 0.278 e. The lowest BCUT2D eigenvalue weighted by Gasteiger charge is -2.04. The van der Waals surface area contributed by atoms with Gasteiger partial charge in [-0.15, -0.1) is 0 Å². The molecule has 0 aliphatic carbocycles. The van der Waals surface area contributed by atoms with E-state index in [0.717, 1.165) is 11.1 Å². The Bertz CT molecular complexity index is 766. The molecule has 2 aromatic heterocycles. The van der Waals surface area contributed by atoms with Gasteiger partial charge in [0.25, 0.3) is 5.91 Å². The van der Waals surface area contributed by atoms with E-state index in [2.05, 4.69) is 25.7 Å². The molecular formula is C15H13N5O. The number of aryl methyl sites for hydroxylation is 1. The lowest BCUT2D eigenvalue weighted by Crippen LogP contribution is -2.13. The molecule has 3 aromatic rings. The number of carbonyl (C=O) groups is 1. The minimum atomic E-state index is -0.313. The normalized spacial score (nSPS) is 10.3. The zero-order valence-corrected chi connectivity index (χ0v) is 11.4. The Hall–Kier alpha value is -3.02. The molecule has 104 valence electrons. The summed E-state index contributed by atoms with van der Waals surface area (Å²) in [6.45, 7) is 1.99. The fraction of sp³-hybridized carbons (Fsp3) is 0.0667. The van der Waals surface area contributed by atoms with Gasteiger partial charge in [0.15, 0.2) is 5.69 Å². The number of aromatic nitrogens is 4. The van der Waals surface area contributed by atoms with E-state index in [1.54, 1.807) is 24.5 Å². The van der Waals surface area contributed by atoms with Crippen LogP contribution in [0.3, 0.4) is 0 Å². The van der Waals surface area contributed by atoms with Gasteiger partial charge in [-0.05, 0) is 25.1 Å². The Labute approximate surface area is 121 Å². The van der Waals surface area contributed by atoms with E-state index in [9.17, 15) is 4.79 Å². The van der Waals surface area contributed by atoms with Crippen molar-refractivity contribution >= 4 is 11.6 Å². The van der Waals surface area contributed by atoms with Crippen LogP contribution in [-0.2, 0) is 0 Å². The minimum absolute atomic E-state index is 0.261. The van der Waals surface area contributed by atoms with Crippen LogP contribution in [0.4, 0.5) is 5.69 Å². The van der Waals surface area contributed by atoms with Crippen LogP contribution in [0.2, 0.25) is 0 Å². The highest BCUT2D eigenvalue weighted by molar-refractivity contribution is 6.06. The van der Waals surface area contributed by atoms with E-state index in [1.165, 1.54) is 0 Å². The SMILES string of the molecule is Cc1cccc(-c2n[nH]nc2C(=O)Nc2ccncc2)c1. The van der Waals surface area contributed by atoms with Crippen LogP contribution >= 0.6 is 0 Å². The second kappa shape index (κ2) is 5.54. The fourth-order valence-corrected chi connectivity index (χ4v) is 2.01. The first-order valence-corrected chi connectivity index (χ1v) is 6.43. The monoisotopic (exact) mass is 279 g/mol. The Balaban J connectivity index is 1.90. The van der Waals surface area contributed by atoms with E-state index in [0.29, 0.717) is 11.4 Å². The standard InChI is InChI=1S/C15H13N5O/c1-10-3-2-4-11(9-10)13-14(19-20-18-13)15(21)17-12-5-7-16-8-6-12/h2-9H,1H3,(H,16,17,21)(H,18,19,20). The van der Waals surface area contributed by atoms with Gasteiger partial charge in [-0.3, -0.25) is 9.78 Å². The summed E-state index contributed by atoms with van der Waals surface area (Å²) < 4.78 is 0. The molecule has 6 heteroatoms. The predicted molar refractivity (Wildman–Crippen MR) is 78.7 cm³/mol. The van der Waals surface area contributed by atoms with Crippen molar-refractivity contribution in [3.63, 3.8) is 0 Å². The number of hydrogen-bond donors (Lipinski definition) is 2. The number of anilines is 1. The molecule has 0 bridgehead atoms. The molecule has 21 heavy (non-hydrogen) atoms. The molecule has 1 amide bonds. The highest BCUT2D eigenvalue weighted by Crippen LogP contribution is 2.21. The van der Waals surface area contributed by atoms with Crippen LogP contribution in [0.25, 0.3) is 11.3 Å². The minimum Gasteiger partial charge on any atom is -0.320 e. The summed E-state index contributed by atoms with van der Waals surface area (Å²) in [7, 11) is 0. The van der Waals surface area contributed by atoms with E-state index in [-0.39, 0.29) is 11.6 Å². The number of benzene rings is 1. The van der Waals surface area contributed by atoms with Crippen molar-refractivity contribution < 1.29 is 4.79 Å². The molecule has 0 saturated carbocycles. The topological polar surface area (TPSA) is 83.6 Å². The molecular weight excluding hydrogens is 266 g/mol. The quantitative estimate of drug-likeness (QED) is 0.771. The number of rotatable bonds is 3. The van der Waals surface area contributed by atoms with E-state index >= 15 is 0 Å². The van der Waals surface area contributed by atoms with Crippen molar-refractivity contribution in [2.24, 2.45) is 0 Å². The molecule has 0 aliphatic heterocycles. The molecule has 3 rings (SSSR count). The number of amides is 1. The summed E-state index contributed by atoms with van der Waals surface area (Å²) >= 11 is 0. The Morgan fingerprint density at radius 2 is 1.95 bits per heavy atom. The van der Waals surface area contributed by atoms with Gasteiger partial charge in [0.1, 0.15) is 5.69 Å². The maximum absolute atomic E-state index is 12.3. The van der Waals surface area contributed by atoms with Crippen LogP contribution in [-0.4, -0.2) is 26.3 Å². The predicted octanol–water partition coefficient (Wildman–Crippen LogP) is 2.43. The molecule has 1 aromatic carbocycles. The largest absolute Gasteiger partial charge is 0.320 e. The number of nitrogens with one attached hydrogen (secondary N) is 2. The number of H-pyrrole nitrogens is 1. The zero-order chi connectivity index (χ0) is 14.7. The van der Waals surface area contributed by atoms with E-state index in [1.807, 2.05) is 31.2 Å². The van der Waals surface area contributed by atoms with Crippen LogP contribution < -0.4 is 5.32 Å². The molecule has 0 spiro atoms. The van der Waals surface area contributed by atoms with Crippen molar-refractivity contribution in [1.29, 1.82) is 0 Å². The Kier molecular flexibility index (Phi) is 3.42. The number of aromatic amines is 1. The molecule has 0 atom stereocenters. The van der Waals surface area contributed by atoms with E-state index in [4.69, 9.17) is 0 Å². The average Bonchev–Trinajstić information content (AvgIpc) is 2.98. The average molecular weight is 279 g/mol. The summed E-state index contributed by atoms with van der Waals surface area (Å²) in [5.74, 6) is -0.313. The summed E-state index contributed by atoms with van der Waals surface area (Å²) in [6, 6.07) is 11.2. The van der Waals surface area contributed by atoms with Gasteiger partial charge >= 0.3 is 0 Å². The van der Waals surface area contributed by atoms with Gasteiger partial charge in [0, 0.05) is 23.6 Å². The second-order valence-corrected chi connectivity index (χ2v) is 4.58. The fourth-order valence-electron chi connectivity index (χ4n) is 2.01. The van der Waals surface area contributed by atoms with Gasteiger partial charge in [-0.1, -0.05) is 23.8 Å². The van der Waals surface area contributed by atoms with Gasteiger partial charge in [-0.2, -0.15) is 15.4 Å². The molecule has 0 unspecified atom stereocenters. The van der Waals surface area contributed by atoms with Crippen molar-refractivity contribution in [3.8, 4) is 11.3 Å². The lowest BCUT2D eigenvalue weighted by molar-refractivity contribution is 0.102. The summed E-state index contributed by atoms with van der Waals surface area (Å²) in [5, 5.41) is 13.3. The maximum atomic E-state index is 12.3. The number of hydrogen-bond acceptors (Lipinski definition) is 4. The van der Waals surface area contributed by atoms with E-state index < -0.39 is 0 Å². The number of carbonyl (C=O) groups excluding carboxylic acids is 1. The highest BCUT2D eigenvalue weighted by atomic mass is 16.2. The molecule has 0 aliphatic rings. The second-order valence-electron chi connectivity index (χ2n) is 4.58. The summed E-state index contributed by atoms with van der Waals surface area (Å²) in [4.78, 5) is 16.2. The first-order valence-electron chi connectivity index (χ1n) is 6.43. The molecule has 2 N–H and O–H groups in total. The molecule has 0 fully saturated rings. The molecule has 6 nitrogen and oxygen atoms in total. The van der Waals surface area contributed by atoms with Crippen molar-refractivity contribution in [2.45, 2.75) is 6.92 Å². The van der Waals surface area contributed by atoms with Gasteiger partial charge < -0.3 is 5.32 Å². The maximum Gasteiger partial charge on any atom is 0.278 e. The molecule has 2 heterocycles. The van der Waals surface area contributed by atoms with Gasteiger partial charge in [-0.25, -0.2) is 0 Å². The first-order chi connectivity index (χ1) is 10.2. The zero-order valence-electron chi connectivity index (χ0n) is 11.4. The van der Waals surface area contributed by atoms with Crippen molar-refractivity contribution in [2.75, 3.05) is 5.32 Å². The van der Waals surface area contributed by atoms with Crippen LogP contribution in [0.5, 0.6) is 0 Å². The number of pyridine rings is 1. The lowest BCUT2D eigenvalue weighted by atomic mass is 10.1. The van der Waals surface area contributed by atoms with Crippen molar-refractivity contribution in [1.82, 2.24) is 20.4 Å². The van der Waals surface area contributed by atoms with Crippen LogP contribution in [0, 0.1) is 6.92 Å². The van der Waals surface area contributed by atoms with Crippen LogP contribution in [0.1, 0.15) is 16.1 Å². The Morgan fingerprint density at radius 3 is 2.71 bits per heavy atom. The third-order valence-corrected chi connectivity index (χ3v) is 2.99. The highest BCUT2D eigenvalue weighted by Gasteiger charge is 2.18. The number of nitrogens with zero attached hydrogens (tertiary/aromatic N) is 3. The first kappa shape index (κ1) is 13.0. The molecule has 0 radical (unpaired) electrons. The summed E-state index contributed by atoms with van der Waals surface area (Å²) in [6.07, 6.45) is 3.22. The van der Waals surface area contributed by atoms with Gasteiger partial charge in [0.2, 0.25) is 0 Å². The molecule has 0 saturated heterocycles.